The van der Waals surface area contributed by atoms with Gasteiger partial charge in [0.15, 0.2) is 0 Å². The standard InChI is InChI=1S/C20H21N3O2/c1-15(18-6-4-3-5-7-18)22-20(25)12-13-23(16(2)24)19-10-8-17(14-21)9-11-19/h3-11,15H,12-13H2,1-2H3,(H,22,25). The number of carbonyl (C=O) groups is 2. The fourth-order valence-electron chi connectivity index (χ4n) is 2.54. The van der Waals surface area contributed by atoms with Crippen molar-refractivity contribution in [1.82, 2.24) is 5.32 Å². The Hall–Kier alpha value is -3.13. The molecule has 0 radical (unpaired) electrons. The lowest BCUT2D eigenvalue weighted by Crippen LogP contribution is -2.34. The van der Waals surface area contributed by atoms with E-state index >= 15 is 0 Å². The summed E-state index contributed by atoms with van der Waals surface area (Å²) in [7, 11) is 0. The highest BCUT2D eigenvalue weighted by molar-refractivity contribution is 5.92. The van der Waals surface area contributed by atoms with E-state index < -0.39 is 0 Å². The number of nitrogens with zero attached hydrogens (tertiary/aromatic N) is 2. The van der Waals surface area contributed by atoms with Crippen molar-refractivity contribution in [3.63, 3.8) is 0 Å². The molecule has 0 aliphatic carbocycles. The number of hydrogen-bond acceptors (Lipinski definition) is 3. The first-order valence-electron chi connectivity index (χ1n) is 8.14. The molecule has 0 saturated heterocycles. The SMILES string of the molecule is CC(=O)N(CCC(=O)NC(C)c1ccccc1)c1ccc(C#N)cc1. The number of hydrogen-bond donors (Lipinski definition) is 1. The number of benzene rings is 2. The van der Waals surface area contributed by atoms with Crippen molar-refractivity contribution in [3.8, 4) is 6.07 Å². The molecule has 2 aromatic rings. The van der Waals surface area contributed by atoms with Crippen LogP contribution in [0.2, 0.25) is 0 Å². The van der Waals surface area contributed by atoms with Gasteiger partial charge in [-0.3, -0.25) is 9.59 Å². The van der Waals surface area contributed by atoms with Gasteiger partial charge in [-0.1, -0.05) is 30.3 Å². The molecule has 1 atom stereocenters. The van der Waals surface area contributed by atoms with Crippen LogP contribution in [0.3, 0.4) is 0 Å². The molecule has 0 aliphatic heterocycles. The highest BCUT2D eigenvalue weighted by Crippen LogP contribution is 2.16. The van der Waals surface area contributed by atoms with Crippen LogP contribution in [0.5, 0.6) is 0 Å². The van der Waals surface area contributed by atoms with Gasteiger partial charge in [0.1, 0.15) is 0 Å². The van der Waals surface area contributed by atoms with E-state index in [4.69, 9.17) is 5.26 Å². The second-order valence-electron chi connectivity index (χ2n) is 5.78. The van der Waals surface area contributed by atoms with Crippen molar-refractivity contribution in [2.45, 2.75) is 26.3 Å². The zero-order valence-corrected chi connectivity index (χ0v) is 14.4. The molecule has 0 heterocycles. The molecule has 5 nitrogen and oxygen atoms in total. The average Bonchev–Trinajstić information content (AvgIpc) is 2.62. The van der Waals surface area contributed by atoms with Crippen molar-refractivity contribution < 1.29 is 9.59 Å². The van der Waals surface area contributed by atoms with Crippen LogP contribution in [0.1, 0.15) is 37.4 Å². The van der Waals surface area contributed by atoms with Gasteiger partial charge >= 0.3 is 0 Å². The molecule has 2 aromatic carbocycles. The van der Waals surface area contributed by atoms with E-state index in [9.17, 15) is 9.59 Å². The maximum atomic E-state index is 12.2. The summed E-state index contributed by atoms with van der Waals surface area (Å²) in [6, 6.07) is 18.4. The van der Waals surface area contributed by atoms with Crippen LogP contribution in [-0.4, -0.2) is 18.4 Å². The van der Waals surface area contributed by atoms with Crippen molar-refractivity contribution in [2.75, 3.05) is 11.4 Å². The van der Waals surface area contributed by atoms with E-state index in [1.165, 1.54) is 11.8 Å². The first-order chi connectivity index (χ1) is 12.0. The van der Waals surface area contributed by atoms with E-state index in [2.05, 4.69) is 5.32 Å². The first kappa shape index (κ1) is 18.2. The summed E-state index contributed by atoms with van der Waals surface area (Å²) in [5.74, 6) is -0.259. The lowest BCUT2D eigenvalue weighted by molar-refractivity contribution is -0.121. The molecule has 0 fully saturated rings. The smallest absolute Gasteiger partial charge is 0.223 e. The molecule has 25 heavy (non-hydrogen) atoms. The molecule has 0 aliphatic rings. The molecule has 0 aromatic heterocycles. The number of nitrogens with one attached hydrogen (secondary N) is 1. The minimum atomic E-state index is -0.145. The Kier molecular flexibility index (Phi) is 6.30. The van der Waals surface area contributed by atoms with Crippen molar-refractivity contribution in [1.29, 1.82) is 5.26 Å². The summed E-state index contributed by atoms with van der Waals surface area (Å²) in [4.78, 5) is 25.6. The van der Waals surface area contributed by atoms with Crippen LogP contribution in [0, 0.1) is 11.3 Å². The van der Waals surface area contributed by atoms with Crippen LogP contribution in [0.15, 0.2) is 54.6 Å². The molecule has 0 bridgehead atoms. The molecule has 2 rings (SSSR count). The highest BCUT2D eigenvalue weighted by Gasteiger charge is 2.15. The predicted molar refractivity (Wildman–Crippen MR) is 96.8 cm³/mol. The van der Waals surface area contributed by atoms with Gasteiger partial charge in [0, 0.05) is 25.6 Å². The molecular weight excluding hydrogens is 314 g/mol. The molecule has 5 heteroatoms. The van der Waals surface area contributed by atoms with Crippen molar-refractivity contribution in [3.05, 3.63) is 65.7 Å². The van der Waals surface area contributed by atoms with Gasteiger partial charge in [-0.15, -0.1) is 0 Å². The average molecular weight is 335 g/mol. The Morgan fingerprint density at radius 3 is 2.32 bits per heavy atom. The molecule has 0 saturated carbocycles. The number of carbonyl (C=O) groups excluding carboxylic acids is 2. The Morgan fingerprint density at radius 2 is 1.76 bits per heavy atom. The predicted octanol–water partition coefficient (Wildman–Crippen LogP) is 3.18. The Bertz CT molecular complexity index is 764. The first-order valence-corrected chi connectivity index (χ1v) is 8.14. The normalized spacial score (nSPS) is 11.2. The van der Waals surface area contributed by atoms with Gasteiger partial charge in [-0.2, -0.15) is 5.26 Å². The summed E-state index contributed by atoms with van der Waals surface area (Å²) >= 11 is 0. The highest BCUT2D eigenvalue weighted by atomic mass is 16.2. The van der Waals surface area contributed by atoms with E-state index in [1.807, 2.05) is 43.3 Å². The maximum absolute atomic E-state index is 12.2. The quantitative estimate of drug-likeness (QED) is 0.881. The van der Waals surface area contributed by atoms with Gasteiger partial charge in [0.2, 0.25) is 11.8 Å². The lowest BCUT2D eigenvalue weighted by atomic mass is 10.1. The number of nitriles is 1. The number of anilines is 1. The second-order valence-corrected chi connectivity index (χ2v) is 5.78. The summed E-state index contributed by atoms with van der Waals surface area (Å²) in [5, 5.41) is 11.8. The topological polar surface area (TPSA) is 73.2 Å². The van der Waals surface area contributed by atoms with Crippen molar-refractivity contribution >= 4 is 17.5 Å². The third-order valence-corrected chi connectivity index (χ3v) is 3.93. The summed E-state index contributed by atoms with van der Waals surface area (Å²) in [6.07, 6.45) is 0.205. The van der Waals surface area contributed by atoms with E-state index in [1.54, 1.807) is 24.3 Å². The Morgan fingerprint density at radius 1 is 1.12 bits per heavy atom. The maximum Gasteiger partial charge on any atom is 0.223 e. The number of amides is 2. The molecule has 1 N–H and O–H groups in total. The second kappa shape index (κ2) is 8.65. The van der Waals surface area contributed by atoms with Gasteiger partial charge in [0.25, 0.3) is 0 Å². The zero-order chi connectivity index (χ0) is 18.2. The number of rotatable bonds is 6. The molecule has 128 valence electrons. The van der Waals surface area contributed by atoms with Gasteiger partial charge < -0.3 is 10.2 Å². The lowest BCUT2D eigenvalue weighted by Gasteiger charge is -2.22. The van der Waals surface area contributed by atoms with Gasteiger partial charge in [0.05, 0.1) is 17.7 Å². The largest absolute Gasteiger partial charge is 0.350 e. The zero-order valence-electron chi connectivity index (χ0n) is 14.4. The Balaban J connectivity index is 1.95. The van der Waals surface area contributed by atoms with E-state index in [0.29, 0.717) is 11.3 Å². The molecular formula is C20H21N3O2. The molecule has 2 amide bonds. The van der Waals surface area contributed by atoms with E-state index in [0.717, 1.165) is 5.56 Å². The summed E-state index contributed by atoms with van der Waals surface area (Å²) in [6.45, 7) is 3.67. The van der Waals surface area contributed by atoms with Gasteiger partial charge in [-0.05, 0) is 36.8 Å². The summed E-state index contributed by atoms with van der Waals surface area (Å²) < 4.78 is 0. The van der Waals surface area contributed by atoms with Crippen LogP contribution in [0.4, 0.5) is 5.69 Å². The molecule has 1 unspecified atom stereocenters. The van der Waals surface area contributed by atoms with Crippen molar-refractivity contribution in [2.24, 2.45) is 0 Å². The fourth-order valence-corrected chi connectivity index (χ4v) is 2.54. The third kappa shape index (κ3) is 5.18. The third-order valence-electron chi connectivity index (χ3n) is 3.93. The van der Waals surface area contributed by atoms with E-state index in [-0.39, 0.29) is 30.8 Å². The minimum absolute atomic E-state index is 0.0885. The molecule has 0 spiro atoms. The van der Waals surface area contributed by atoms with Crippen LogP contribution in [-0.2, 0) is 9.59 Å². The van der Waals surface area contributed by atoms with Crippen LogP contribution in [0.25, 0.3) is 0 Å². The van der Waals surface area contributed by atoms with Gasteiger partial charge in [-0.25, -0.2) is 0 Å². The van der Waals surface area contributed by atoms with Crippen LogP contribution < -0.4 is 10.2 Å². The monoisotopic (exact) mass is 335 g/mol. The Labute approximate surface area is 147 Å². The fraction of sp³-hybridized carbons (Fsp3) is 0.250. The van der Waals surface area contributed by atoms with Crippen LogP contribution >= 0.6 is 0 Å². The minimum Gasteiger partial charge on any atom is -0.350 e. The summed E-state index contributed by atoms with van der Waals surface area (Å²) in [5.41, 5.74) is 2.24.